The van der Waals surface area contributed by atoms with Gasteiger partial charge in [-0.25, -0.2) is 0 Å². The highest BCUT2D eigenvalue weighted by molar-refractivity contribution is 6.31. The summed E-state index contributed by atoms with van der Waals surface area (Å²) in [7, 11) is 1.82. The van der Waals surface area contributed by atoms with Crippen molar-refractivity contribution >= 4 is 17.6 Å². The van der Waals surface area contributed by atoms with Crippen LogP contribution in [0.5, 0.6) is 0 Å². The summed E-state index contributed by atoms with van der Waals surface area (Å²) in [4.78, 5) is 4.29. The number of rotatable bonds is 5. The minimum absolute atomic E-state index is 0.585. The predicted octanol–water partition coefficient (Wildman–Crippen LogP) is 3.20. The molecule has 3 rings (SSSR count). The van der Waals surface area contributed by atoms with E-state index in [2.05, 4.69) is 15.6 Å². The Balaban J connectivity index is 1.49. The summed E-state index contributed by atoms with van der Waals surface area (Å²) in [5, 5.41) is 7.62. The molecule has 2 N–H and O–H groups in total. The summed E-state index contributed by atoms with van der Waals surface area (Å²) in [6.07, 6.45) is 5.61. The fourth-order valence-corrected chi connectivity index (χ4v) is 3.09. The average molecular weight is 292 g/mol. The van der Waals surface area contributed by atoms with Gasteiger partial charge < -0.3 is 10.6 Å². The molecule has 2 aliphatic rings. The van der Waals surface area contributed by atoms with Gasteiger partial charge in [0.1, 0.15) is 0 Å². The smallest absolute Gasteiger partial charge is 0.191 e. The Kier molecular flexibility index (Phi) is 3.88. The SMILES string of the molecule is CN=C(NCc1ccccc1Cl)NCC1(C2CC2)CC1. The normalized spacial score (nSPS) is 20.6. The van der Waals surface area contributed by atoms with Gasteiger partial charge in [0.05, 0.1) is 0 Å². The van der Waals surface area contributed by atoms with Crippen LogP contribution in [0.15, 0.2) is 29.3 Å². The molecule has 108 valence electrons. The summed E-state index contributed by atoms with van der Waals surface area (Å²) in [5.74, 6) is 1.84. The zero-order chi connectivity index (χ0) is 14.0. The van der Waals surface area contributed by atoms with E-state index in [1.165, 1.54) is 25.7 Å². The number of guanidine groups is 1. The Morgan fingerprint density at radius 1 is 1.30 bits per heavy atom. The summed E-state index contributed by atoms with van der Waals surface area (Å²) >= 11 is 6.16. The second kappa shape index (κ2) is 5.65. The molecule has 2 fully saturated rings. The van der Waals surface area contributed by atoms with Gasteiger partial charge in [0.15, 0.2) is 5.96 Å². The molecule has 20 heavy (non-hydrogen) atoms. The maximum Gasteiger partial charge on any atom is 0.191 e. The lowest BCUT2D eigenvalue weighted by Gasteiger charge is -2.18. The highest BCUT2D eigenvalue weighted by Gasteiger charge is 2.53. The van der Waals surface area contributed by atoms with Gasteiger partial charge in [-0.1, -0.05) is 29.8 Å². The van der Waals surface area contributed by atoms with Crippen LogP contribution in [0.4, 0.5) is 0 Å². The number of nitrogens with one attached hydrogen (secondary N) is 2. The number of hydrogen-bond acceptors (Lipinski definition) is 1. The molecule has 0 aromatic heterocycles. The van der Waals surface area contributed by atoms with Crippen LogP contribution in [0.1, 0.15) is 31.2 Å². The molecule has 0 unspecified atom stereocenters. The second-order valence-corrected chi connectivity index (χ2v) is 6.41. The van der Waals surface area contributed by atoms with E-state index in [-0.39, 0.29) is 0 Å². The third-order valence-corrected chi connectivity index (χ3v) is 4.94. The molecule has 0 radical (unpaired) electrons. The number of nitrogens with zero attached hydrogens (tertiary/aromatic N) is 1. The van der Waals surface area contributed by atoms with Gasteiger partial charge in [0, 0.05) is 25.2 Å². The summed E-state index contributed by atoms with van der Waals surface area (Å²) in [5.41, 5.74) is 1.68. The summed E-state index contributed by atoms with van der Waals surface area (Å²) in [6.45, 7) is 1.76. The second-order valence-electron chi connectivity index (χ2n) is 6.01. The first-order chi connectivity index (χ1) is 9.73. The highest BCUT2D eigenvalue weighted by Crippen LogP contribution is 2.60. The Labute approximate surface area is 125 Å². The quantitative estimate of drug-likeness (QED) is 0.646. The lowest BCUT2D eigenvalue weighted by Crippen LogP contribution is -2.40. The maximum absolute atomic E-state index is 6.16. The number of hydrogen-bond donors (Lipinski definition) is 2. The molecular formula is C16H22ClN3. The molecule has 2 saturated carbocycles. The monoisotopic (exact) mass is 291 g/mol. The Morgan fingerprint density at radius 2 is 2.05 bits per heavy atom. The van der Waals surface area contributed by atoms with Crippen molar-refractivity contribution in [3.8, 4) is 0 Å². The van der Waals surface area contributed by atoms with Crippen LogP contribution in [0.3, 0.4) is 0 Å². The van der Waals surface area contributed by atoms with Gasteiger partial charge >= 0.3 is 0 Å². The van der Waals surface area contributed by atoms with Crippen molar-refractivity contribution < 1.29 is 0 Å². The third-order valence-electron chi connectivity index (χ3n) is 4.57. The van der Waals surface area contributed by atoms with Crippen molar-refractivity contribution in [2.45, 2.75) is 32.2 Å². The van der Waals surface area contributed by atoms with Gasteiger partial charge in [-0.15, -0.1) is 0 Å². The zero-order valence-electron chi connectivity index (χ0n) is 12.0. The van der Waals surface area contributed by atoms with Crippen molar-refractivity contribution in [2.24, 2.45) is 16.3 Å². The highest BCUT2D eigenvalue weighted by atomic mass is 35.5. The first-order valence-electron chi connectivity index (χ1n) is 7.41. The van der Waals surface area contributed by atoms with Crippen molar-refractivity contribution in [2.75, 3.05) is 13.6 Å². The van der Waals surface area contributed by atoms with E-state index in [1.807, 2.05) is 31.3 Å². The molecular weight excluding hydrogens is 270 g/mol. The predicted molar refractivity (Wildman–Crippen MR) is 84.0 cm³/mol. The lowest BCUT2D eigenvalue weighted by molar-refractivity contribution is 0.431. The molecule has 0 atom stereocenters. The van der Waals surface area contributed by atoms with Gasteiger partial charge in [0.25, 0.3) is 0 Å². The van der Waals surface area contributed by atoms with E-state index in [9.17, 15) is 0 Å². The fourth-order valence-electron chi connectivity index (χ4n) is 2.89. The van der Waals surface area contributed by atoms with Gasteiger partial charge in [-0.2, -0.15) is 0 Å². The molecule has 0 saturated heterocycles. The third kappa shape index (κ3) is 3.09. The summed E-state index contributed by atoms with van der Waals surface area (Å²) < 4.78 is 0. The van der Waals surface area contributed by atoms with Crippen LogP contribution in [0, 0.1) is 11.3 Å². The molecule has 4 heteroatoms. The molecule has 0 aliphatic heterocycles. The Morgan fingerprint density at radius 3 is 2.65 bits per heavy atom. The lowest BCUT2D eigenvalue weighted by atomic mass is 10.0. The first kappa shape index (κ1) is 13.7. The average Bonchev–Trinajstić information content (AvgIpc) is 3.33. The number of halogens is 1. The zero-order valence-corrected chi connectivity index (χ0v) is 12.7. The van der Waals surface area contributed by atoms with E-state index in [0.29, 0.717) is 12.0 Å². The number of aliphatic imine (C=N–C) groups is 1. The van der Waals surface area contributed by atoms with Crippen molar-refractivity contribution in [1.82, 2.24) is 10.6 Å². The van der Waals surface area contributed by atoms with Crippen molar-refractivity contribution in [3.63, 3.8) is 0 Å². The summed E-state index contributed by atoms with van der Waals surface area (Å²) in [6, 6.07) is 7.91. The molecule has 0 amide bonds. The van der Waals surface area contributed by atoms with Crippen LogP contribution in [0.2, 0.25) is 5.02 Å². The number of benzene rings is 1. The van der Waals surface area contributed by atoms with Crippen LogP contribution in [0.25, 0.3) is 0 Å². The molecule has 2 aliphatic carbocycles. The molecule has 0 spiro atoms. The molecule has 1 aromatic rings. The Hall–Kier alpha value is -1.22. The maximum atomic E-state index is 6.16. The van der Waals surface area contributed by atoms with E-state index in [0.717, 1.165) is 29.0 Å². The topological polar surface area (TPSA) is 36.4 Å². The minimum Gasteiger partial charge on any atom is -0.356 e. The molecule has 1 aromatic carbocycles. The minimum atomic E-state index is 0.585. The Bertz CT molecular complexity index is 504. The van der Waals surface area contributed by atoms with E-state index in [4.69, 9.17) is 11.6 Å². The van der Waals surface area contributed by atoms with Crippen LogP contribution in [-0.2, 0) is 6.54 Å². The van der Waals surface area contributed by atoms with Crippen molar-refractivity contribution in [1.29, 1.82) is 0 Å². The molecule has 0 heterocycles. The van der Waals surface area contributed by atoms with E-state index < -0.39 is 0 Å². The molecule has 0 bridgehead atoms. The van der Waals surface area contributed by atoms with E-state index >= 15 is 0 Å². The van der Waals surface area contributed by atoms with Crippen LogP contribution in [-0.4, -0.2) is 19.6 Å². The van der Waals surface area contributed by atoms with Gasteiger partial charge in [-0.3, -0.25) is 4.99 Å². The fraction of sp³-hybridized carbons (Fsp3) is 0.562. The van der Waals surface area contributed by atoms with Gasteiger partial charge in [-0.05, 0) is 48.6 Å². The van der Waals surface area contributed by atoms with E-state index in [1.54, 1.807) is 0 Å². The molecule has 3 nitrogen and oxygen atoms in total. The standard InChI is InChI=1S/C16H22ClN3/c1-18-15(19-10-12-4-2-3-5-14(12)17)20-11-16(8-9-16)13-6-7-13/h2-5,13H,6-11H2,1H3,(H2,18,19,20). The first-order valence-corrected chi connectivity index (χ1v) is 7.79. The van der Waals surface area contributed by atoms with Crippen LogP contribution >= 0.6 is 11.6 Å². The van der Waals surface area contributed by atoms with Crippen molar-refractivity contribution in [3.05, 3.63) is 34.9 Å². The van der Waals surface area contributed by atoms with Gasteiger partial charge in [0.2, 0.25) is 0 Å². The largest absolute Gasteiger partial charge is 0.356 e. The van der Waals surface area contributed by atoms with Crippen LogP contribution < -0.4 is 10.6 Å².